The number of hydrogen-bond acceptors (Lipinski definition) is 2. The second-order valence-corrected chi connectivity index (χ2v) is 8.07. The Morgan fingerprint density at radius 2 is 2.16 bits per heavy atom. The van der Waals surface area contributed by atoms with Crippen molar-refractivity contribution in [1.29, 1.82) is 0 Å². The summed E-state index contributed by atoms with van der Waals surface area (Å²) in [7, 11) is 0. The van der Waals surface area contributed by atoms with Gasteiger partial charge in [-0.05, 0) is 56.1 Å². The van der Waals surface area contributed by atoms with Gasteiger partial charge in [0.25, 0.3) is 0 Å². The number of nitrogens with zero attached hydrogens (tertiary/aromatic N) is 1. The summed E-state index contributed by atoms with van der Waals surface area (Å²) in [5.74, 6) is 0.519. The Morgan fingerprint density at radius 1 is 1.40 bits per heavy atom. The third kappa shape index (κ3) is 3.39. The molecule has 25 heavy (non-hydrogen) atoms. The quantitative estimate of drug-likeness (QED) is 0.526. The Bertz CT molecular complexity index is 623. The van der Waals surface area contributed by atoms with Gasteiger partial charge in [-0.3, -0.25) is 4.90 Å². The minimum Gasteiger partial charge on any atom is -0.465 e. The van der Waals surface area contributed by atoms with Gasteiger partial charge in [-0.1, -0.05) is 49.6 Å². The second-order valence-electron chi connectivity index (χ2n) is 7.66. The number of aliphatic hydroxyl groups is 1. The zero-order valence-corrected chi connectivity index (χ0v) is 15.6. The number of hydrogen-bond donors (Lipinski definition) is 2. The van der Waals surface area contributed by atoms with Gasteiger partial charge in [0.2, 0.25) is 0 Å². The van der Waals surface area contributed by atoms with E-state index in [0.717, 1.165) is 50.5 Å². The molecule has 2 unspecified atom stereocenters. The molecule has 2 aliphatic rings. The molecule has 0 aliphatic heterocycles. The van der Waals surface area contributed by atoms with Crippen molar-refractivity contribution < 1.29 is 15.0 Å². The van der Waals surface area contributed by atoms with Gasteiger partial charge in [-0.2, -0.15) is 0 Å². The van der Waals surface area contributed by atoms with E-state index in [2.05, 4.69) is 6.92 Å². The lowest BCUT2D eigenvalue weighted by Crippen LogP contribution is -2.54. The van der Waals surface area contributed by atoms with E-state index >= 15 is 0 Å². The van der Waals surface area contributed by atoms with Crippen molar-refractivity contribution in [3.05, 3.63) is 34.9 Å². The van der Waals surface area contributed by atoms with E-state index in [1.807, 2.05) is 24.3 Å². The van der Waals surface area contributed by atoms with Gasteiger partial charge in [-0.15, -0.1) is 0 Å². The predicted molar refractivity (Wildman–Crippen MR) is 98.9 cm³/mol. The topological polar surface area (TPSA) is 60.8 Å². The second kappa shape index (κ2) is 7.55. The lowest BCUT2D eigenvalue weighted by atomic mass is 9.73. The largest absolute Gasteiger partial charge is 0.465 e. The highest BCUT2D eigenvalue weighted by atomic mass is 35.5. The summed E-state index contributed by atoms with van der Waals surface area (Å²) in [5, 5.41) is 21.2. The van der Waals surface area contributed by atoms with Gasteiger partial charge in [0, 0.05) is 16.5 Å². The summed E-state index contributed by atoms with van der Waals surface area (Å²) in [6.07, 6.45) is 5.29. The maximum Gasteiger partial charge on any atom is 0.409 e. The SMILES string of the molecule is CCCCCC(O)N(C(=O)O)[C@H]1CC2CC[C@@]1(c1ccccc1Cl)C2. The smallest absolute Gasteiger partial charge is 0.409 e. The highest BCUT2D eigenvalue weighted by molar-refractivity contribution is 6.31. The van der Waals surface area contributed by atoms with Crippen molar-refractivity contribution in [2.24, 2.45) is 5.92 Å². The van der Waals surface area contributed by atoms with Gasteiger partial charge in [0.1, 0.15) is 6.23 Å². The van der Waals surface area contributed by atoms with Crippen LogP contribution in [0.5, 0.6) is 0 Å². The molecule has 0 spiro atoms. The summed E-state index contributed by atoms with van der Waals surface area (Å²) in [5.41, 5.74) is 0.793. The molecule has 0 heterocycles. The van der Waals surface area contributed by atoms with E-state index in [1.165, 1.54) is 4.90 Å². The van der Waals surface area contributed by atoms with Crippen LogP contribution in [0.1, 0.15) is 63.9 Å². The average Bonchev–Trinajstić information content (AvgIpc) is 3.14. The maximum atomic E-state index is 12.0. The van der Waals surface area contributed by atoms with E-state index < -0.39 is 12.3 Å². The van der Waals surface area contributed by atoms with E-state index in [1.54, 1.807) is 0 Å². The molecule has 1 amide bonds. The summed E-state index contributed by atoms with van der Waals surface area (Å²) in [6, 6.07) is 7.61. The van der Waals surface area contributed by atoms with E-state index in [4.69, 9.17) is 11.6 Å². The zero-order valence-electron chi connectivity index (χ0n) is 14.8. The maximum absolute atomic E-state index is 12.0. The standard InChI is InChI=1S/C20H28ClNO3/c1-2-3-4-9-18(23)22(19(24)25)17-12-14-10-11-20(17,13-14)15-7-5-6-8-16(15)21/h5-8,14,17-18,23H,2-4,9-13H2,1H3,(H,24,25)/t14?,17-,18?,20-/m0/s1. The summed E-state index contributed by atoms with van der Waals surface area (Å²) < 4.78 is 0. The Kier molecular flexibility index (Phi) is 5.59. The minimum absolute atomic E-state index is 0.194. The molecule has 2 bridgehead atoms. The molecule has 0 saturated heterocycles. The van der Waals surface area contributed by atoms with Crippen molar-refractivity contribution in [2.75, 3.05) is 0 Å². The van der Waals surface area contributed by atoms with Gasteiger partial charge in [-0.25, -0.2) is 4.79 Å². The fraction of sp³-hybridized carbons (Fsp3) is 0.650. The van der Waals surface area contributed by atoms with Crippen LogP contribution in [0.4, 0.5) is 4.79 Å². The van der Waals surface area contributed by atoms with E-state index in [0.29, 0.717) is 17.4 Å². The molecule has 2 fully saturated rings. The van der Waals surface area contributed by atoms with Crippen LogP contribution in [0.3, 0.4) is 0 Å². The number of carbonyl (C=O) groups is 1. The Labute approximate surface area is 154 Å². The molecule has 2 aliphatic carbocycles. The summed E-state index contributed by atoms with van der Waals surface area (Å²) in [6.45, 7) is 2.10. The third-order valence-corrected chi connectivity index (χ3v) is 6.53. The third-order valence-electron chi connectivity index (χ3n) is 6.20. The van der Waals surface area contributed by atoms with E-state index in [9.17, 15) is 15.0 Å². The first-order valence-electron chi connectivity index (χ1n) is 9.44. The number of halogens is 1. The number of carboxylic acid groups (broad SMARTS) is 1. The molecule has 2 N–H and O–H groups in total. The van der Waals surface area contributed by atoms with Crippen molar-refractivity contribution in [3.8, 4) is 0 Å². The molecule has 4 nitrogen and oxygen atoms in total. The fourth-order valence-corrected chi connectivity index (χ4v) is 5.40. The Hall–Kier alpha value is -1.26. The molecule has 3 rings (SSSR count). The Balaban J connectivity index is 1.90. The van der Waals surface area contributed by atoms with Gasteiger partial charge in [0.05, 0.1) is 0 Å². The van der Waals surface area contributed by atoms with Gasteiger partial charge >= 0.3 is 6.09 Å². The molecular weight excluding hydrogens is 338 g/mol. The number of unbranched alkanes of at least 4 members (excludes halogenated alkanes) is 2. The van der Waals surface area contributed by atoms with E-state index in [-0.39, 0.29) is 11.5 Å². The molecule has 138 valence electrons. The monoisotopic (exact) mass is 365 g/mol. The summed E-state index contributed by atoms with van der Waals surface area (Å²) in [4.78, 5) is 13.4. The minimum atomic E-state index is -1.02. The van der Waals surface area contributed by atoms with Crippen molar-refractivity contribution in [2.45, 2.75) is 76.0 Å². The van der Waals surface area contributed by atoms with Gasteiger partial charge < -0.3 is 10.2 Å². The lowest BCUT2D eigenvalue weighted by molar-refractivity contribution is -0.0358. The van der Waals surface area contributed by atoms with Crippen LogP contribution in [-0.4, -0.2) is 33.5 Å². The molecule has 1 aromatic carbocycles. The van der Waals surface area contributed by atoms with Crippen LogP contribution in [0, 0.1) is 5.92 Å². The fourth-order valence-electron chi connectivity index (χ4n) is 5.08. The number of aliphatic hydroxyl groups excluding tert-OH is 1. The highest BCUT2D eigenvalue weighted by Crippen LogP contribution is 2.58. The number of amides is 1. The zero-order chi connectivity index (χ0) is 18.0. The molecule has 5 heteroatoms. The first-order chi connectivity index (χ1) is 12.0. The Morgan fingerprint density at radius 3 is 2.80 bits per heavy atom. The molecule has 4 atom stereocenters. The van der Waals surface area contributed by atoms with Crippen LogP contribution >= 0.6 is 11.6 Å². The van der Waals surface area contributed by atoms with Crippen molar-refractivity contribution >= 4 is 17.7 Å². The van der Waals surface area contributed by atoms with Gasteiger partial charge in [0.15, 0.2) is 0 Å². The predicted octanol–water partition coefficient (Wildman–Crippen LogP) is 5.03. The van der Waals surface area contributed by atoms with Crippen molar-refractivity contribution in [1.82, 2.24) is 4.90 Å². The molecule has 2 saturated carbocycles. The number of rotatable bonds is 7. The molecule has 0 radical (unpaired) electrons. The van der Waals surface area contributed by atoms with Crippen LogP contribution in [0.2, 0.25) is 5.02 Å². The van der Waals surface area contributed by atoms with Crippen LogP contribution in [0.25, 0.3) is 0 Å². The van der Waals surface area contributed by atoms with Crippen LogP contribution < -0.4 is 0 Å². The van der Waals surface area contributed by atoms with Crippen molar-refractivity contribution in [3.63, 3.8) is 0 Å². The first-order valence-corrected chi connectivity index (χ1v) is 9.81. The average molecular weight is 366 g/mol. The summed E-state index contributed by atoms with van der Waals surface area (Å²) >= 11 is 6.49. The lowest BCUT2D eigenvalue weighted by Gasteiger charge is -2.43. The number of fused-ring (bicyclic) bond motifs is 2. The highest BCUT2D eigenvalue weighted by Gasteiger charge is 2.57. The first kappa shape index (κ1) is 18.5. The van der Waals surface area contributed by atoms with Crippen LogP contribution in [-0.2, 0) is 5.41 Å². The molecular formula is C20H28ClNO3. The normalized spacial score (nSPS) is 28.9. The molecule has 1 aromatic rings. The van der Waals surface area contributed by atoms with Crippen LogP contribution in [0.15, 0.2) is 24.3 Å². The number of benzene rings is 1. The molecule has 0 aromatic heterocycles.